The van der Waals surface area contributed by atoms with Gasteiger partial charge in [0.2, 0.25) is 5.82 Å². The van der Waals surface area contributed by atoms with E-state index in [-0.39, 0.29) is 34.0 Å². The van der Waals surface area contributed by atoms with Crippen LogP contribution in [-0.2, 0) is 20.0 Å². The Hall–Kier alpha value is -4.78. The van der Waals surface area contributed by atoms with Crippen molar-refractivity contribution in [2.75, 3.05) is 12.9 Å². The topological polar surface area (TPSA) is 134 Å². The van der Waals surface area contributed by atoms with Crippen LogP contribution < -0.4 is 9.47 Å². The molecule has 1 aliphatic heterocycles. The molecule has 0 bridgehead atoms. The zero-order valence-electron chi connectivity index (χ0n) is 23.9. The number of H-pyrrole nitrogens is 2. The maximum absolute atomic E-state index is 15.2. The van der Waals surface area contributed by atoms with Crippen LogP contribution in [0.2, 0.25) is 0 Å². The van der Waals surface area contributed by atoms with Gasteiger partial charge in [0.15, 0.2) is 21.4 Å². The van der Waals surface area contributed by atoms with Crippen molar-refractivity contribution >= 4 is 26.7 Å². The average molecular weight is 638 g/mol. The van der Waals surface area contributed by atoms with Crippen molar-refractivity contribution in [3.05, 3.63) is 89.1 Å². The first kappa shape index (κ1) is 29.0. The number of nitrogens with one attached hydrogen (secondary N) is 2. The van der Waals surface area contributed by atoms with Gasteiger partial charge in [-0.05, 0) is 49.6 Å². The molecule has 13 heteroatoms. The second-order valence-corrected chi connectivity index (χ2v) is 13.6. The standard InChI is InChI=1S/C32H26F3N3O6S/c1-32(9-11-43-27-16(4-3-5-21(27)32)18-13-19(18)31(39)40)23-14-37-30(38-23)20-12-15(6-7-22(20)33)44-28-25(35)24(34)26-17(8-10-36-26)29(28)45(2,41)42/h3-8,10,12,14,18-19,36H,9,11,13H2,1-2H3,(H,37,38)(H,39,40)/t18-,19-,32+/m1/s1. The third-order valence-corrected chi connectivity index (χ3v) is 9.91. The minimum Gasteiger partial charge on any atom is -0.493 e. The number of hydrogen-bond donors (Lipinski definition) is 3. The number of ether oxygens (including phenoxy) is 2. The predicted octanol–water partition coefficient (Wildman–Crippen LogP) is 6.45. The number of imidazole rings is 1. The number of para-hydroxylation sites is 1. The zero-order chi connectivity index (χ0) is 31.8. The SMILES string of the molecule is C[C@]1(c2cnc(-c3cc(Oc4c(F)c(F)c5[nH]ccc5c4S(C)(=O)=O)ccc3F)[nH]2)CCOc2c([C@H]3C[C@H]3C(=O)O)cccc21. The summed E-state index contributed by atoms with van der Waals surface area (Å²) in [6.45, 7) is 2.36. The molecule has 0 spiro atoms. The highest BCUT2D eigenvalue weighted by molar-refractivity contribution is 7.91. The summed E-state index contributed by atoms with van der Waals surface area (Å²) in [6, 6.07) is 10.4. The Labute approximate surface area is 254 Å². The van der Waals surface area contributed by atoms with E-state index >= 15 is 8.78 Å². The lowest BCUT2D eigenvalue weighted by atomic mass is 9.74. The largest absolute Gasteiger partial charge is 0.493 e. The molecule has 232 valence electrons. The summed E-state index contributed by atoms with van der Waals surface area (Å²) in [5.41, 5.74) is 1.34. The predicted molar refractivity (Wildman–Crippen MR) is 157 cm³/mol. The van der Waals surface area contributed by atoms with E-state index in [0.29, 0.717) is 30.9 Å². The lowest BCUT2D eigenvalue weighted by molar-refractivity contribution is -0.138. The molecule has 0 radical (unpaired) electrons. The summed E-state index contributed by atoms with van der Waals surface area (Å²) in [4.78, 5) is 21.1. The average Bonchev–Trinajstić information content (AvgIpc) is 3.38. The Morgan fingerprint density at radius 2 is 1.96 bits per heavy atom. The number of aliphatic carboxylic acids is 1. The normalized spacial score (nSPS) is 20.9. The minimum atomic E-state index is -4.10. The van der Waals surface area contributed by atoms with Crippen LogP contribution in [-0.4, -0.2) is 47.3 Å². The summed E-state index contributed by atoms with van der Waals surface area (Å²) < 4.78 is 82.2. The second kappa shape index (κ2) is 10.1. The van der Waals surface area contributed by atoms with Crippen LogP contribution in [0.1, 0.15) is 42.5 Å². The fraction of sp³-hybridized carbons (Fsp3) is 0.250. The molecule has 2 aromatic heterocycles. The van der Waals surface area contributed by atoms with Gasteiger partial charge in [-0.2, -0.15) is 4.39 Å². The van der Waals surface area contributed by atoms with Crippen LogP contribution in [0.25, 0.3) is 22.3 Å². The number of fused-ring (bicyclic) bond motifs is 2. The third kappa shape index (κ3) is 4.64. The Bertz CT molecular complexity index is 2140. The molecular weight excluding hydrogens is 611 g/mol. The molecular formula is C32H26F3N3O6S. The molecule has 3 aromatic carbocycles. The summed E-state index contributed by atoms with van der Waals surface area (Å²) in [7, 11) is -4.10. The smallest absolute Gasteiger partial charge is 0.307 e. The van der Waals surface area contributed by atoms with Gasteiger partial charge in [-0.1, -0.05) is 18.2 Å². The Morgan fingerprint density at radius 1 is 1.16 bits per heavy atom. The van der Waals surface area contributed by atoms with Gasteiger partial charge in [0.25, 0.3) is 0 Å². The fourth-order valence-electron chi connectivity index (χ4n) is 6.26. The molecule has 9 nitrogen and oxygen atoms in total. The number of nitrogens with zero attached hydrogens (tertiary/aromatic N) is 1. The molecule has 0 unspecified atom stereocenters. The highest BCUT2D eigenvalue weighted by atomic mass is 32.2. The number of benzene rings is 3. The van der Waals surface area contributed by atoms with Crippen molar-refractivity contribution in [1.29, 1.82) is 0 Å². The van der Waals surface area contributed by atoms with Crippen LogP contribution in [0, 0.1) is 23.4 Å². The first-order valence-corrected chi connectivity index (χ1v) is 16.0. The van der Waals surface area contributed by atoms with Gasteiger partial charge < -0.3 is 24.5 Å². The van der Waals surface area contributed by atoms with Gasteiger partial charge in [-0.15, -0.1) is 0 Å². The van der Waals surface area contributed by atoms with Gasteiger partial charge in [0, 0.05) is 46.6 Å². The van der Waals surface area contributed by atoms with Crippen LogP contribution in [0.4, 0.5) is 13.2 Å². The van der Waals surface area contributed by atoms with Gasteiger partial charge in [0.1, 0.15) is 28.0 Å². The highest BCUT2D eigenvalue weighted by Gasteiger charge is 2.47. The lowest BCUT2D eigenvalue weighted by Gasteiger charge is -2.36. The monoisotopic (exact) mass is 637 g/mol. The van der Waals surface area contributed by atoms with E-state index in [9.17, 15) is 22.7 Å². The molecule has 1 fully saturated rings. The highest BCUT2D eigenvalue weighted by Crippen LogP contribution is 2.54. The number of carboxylic acids is 1. The number of carboxylic acid groups (broad SMARTS) is 1. The van der Waals surface area contributed by atoms with Crippen molar-refractivity contribution in [2.24, 2.45) is 5.92 Å². The number of aromatic amines is 2. The molecule has 2 aliphatic rings. The number of sulfone groups is 1. The Balaban J connectivity index is 1.25. The van der Waals surface area contributed by atoms with E-state index in [0.717, 1.165) is 23.4 Å². The maximum Gasteiger partial charge on any atom is 0.307 e. The number of halogens is 3. The van der Waals surface area contributed by atoms with Crippen LogP contribution in [0.5, 0.6) is 17.2 Å². The zero-order valence-corrected chi connectivity index (χ0v) is 24.8. The van der Waals surface area contributed by atoms with Gasteiger partial charge in [-0.3, -0.25) is 4.79 Å². The lowest BCUT2D eigenvalue weighted by Crippen LogP contribution is -2.32. The maximum atomic E-state index is 15.2. The van der Waals surface area contributed by atoms with E-state index in [4.69, 9.17) is 9.47 Å². The fourth-order valence-corrected chi connectivity index (χ4v) is 7.30. The molecule has 3 atom stereocenters. The number of rotatable bonds is 7. The molecule has 3 heterocycles. The second-order valence-electron chi connectivity index (χ2n) is 11.7. The number of aromatic nitrogens is 3. The molecule has 0 amide bonds. The summed E-state index contributed by atoms with van der Waals surface area (Å²) in [5.74, 6) is -5.15. The van der Waals surface area contributed by atoms with Gasteiger partial charge in [-0.25, -0.2) is 22.2 Å². The molecule has 0 saturated heterocycles. The first-order chi connectivity index (χ1) is 21.4. The van der Waals surface area contributed by atoms with Crippen molar-refractivity contribution in [3.8, 4) is 28.6 Å². The molecule has 7 rings (SSSR count). The van der Waals surface area contributed by atoms with E-state index < -0.39 is 55.2 Å². The minimum absolute atomic E-state index is 0.0461. The summed E-state index contributed by atoms with van der Waals surface area (Å²) >= 11 is 0. The molecule has 1 saturated carbocycles. The molecule has 45 heavy (non-hydrogen) atoms. The van der Waals surface area contributed by atoms with E-state index in [1.54, 1.807) is 6.20 Å². The Morgan fingerprint density at radius 3 is 2.69 bits per heavy atom. The van der Waals surface area contributed by atoms with Crippen LogP contribution in [0.3, 0.4) is 0 Å². The van der Waals surface area contributed by atoms with E-state index in [2.05, 4.69) is 15.0 Å². The van der Waals surface area contributed by atoms with Crippen molar-refractivity contribution in [3.63, 3.8) is 0 Å². The van der Waals surface area contributed by atoms with Crippen molar-refractivity contribution < 1.29 is 41.0 Å². The third-order valence-electron chi connectivity index (χ3n) is 8.76. The molecule has 5 aromatic rings. The number of carbonyl (C=O) groups is 1. The quantitative estimate of drug-likeness (QED) is 0.175. The number of hydrogen-bond acceptors (Lipinski definition) is 6. The van der Waals surface area contributed by atoms with Crippen LogP contribution >= 0.6 is 0 Å². The van der Waals surface area contributed by atoms with Crippen LogP contribution in [0.15, 0.2) is 59.8 Å². The molecule has 3 N–H and O–H groups in total. The first-order valence-electron chi connectivity index (χ1n) is 14.1. The van der Waals surface area contributed by atoms with Gasteiger partial charge in [0.05, 0.1) is 23.6 Å². The van der Waals surface area contributed by atoms with Crippen molar-refractivity contribution in [2.45, 2.75) is 36.0 Å². The van der Waals surface area contributed by atoms with Crippen molar-refractivity contribution in [1.82, 2.24) is 15.0 Å². The van der Waals surface area contributed by atoms with Gasteiger partial charge >= 0.3 is 5.97 Å². The Kier molecular flexibility index (Phi) is 6.52. The summed E-state index contributed by atoms with van der Waals surface area (Å²) in [5, 5.41) is 9.37. The van der Waals surface area contributed by atoms with E-state index in [1.807, 2.05) is 25.1 Å². The molecule has 1 aliphatic carbocycles. The summed E-state index contributed by atoms with van der Waals surface area (Å²) in [6.07, 6.45) is 4.82. The van der Waals surface area contributed by atoms with E-state index in [1.165, 1.54) is 24.4 Å².